The number of nitrogens with zero attached hydrogens (tertiary/aromatic N) is 3. The summed E-state index contributed by atoms with van der Waals surface area (Å²) in [6.45, 7) is 1.49. The van der Waals surface area contributed by atoms with Crippen molar-refractivity contribution in [3.05, 3.63) is 48.3 Å². The minimum absolute atomic E-state index is 0.0845. The van der Waals surface area contributed by atoms with Crippen molar-refractivity contribution in [3.8, 4) is 28.7 Å². The Balaban J connectivity index is 1.93. The molecule has 0 atom stereocenters. The normalized spacial score (nSPS) is 11.4. The maximum absolute atomic E-state index is 12.4. The van der Waals surface area contributed by atoms with Crippen LogP contribution in [-0.4, -0.2) is 27.3 Å². The minimum atomic E-state index is -5.08. The van der Waals surface area contributed by atoms with Crippen LogP contribution < -0.4 is 4.74 Å². The van der Waals surface area contributed by atoms with E-state index in [9.17, 15) is 18.0 Å². The summed E-state index contributed by atoms with van der Waals surface area (Å²) < 4.78 is 47.0. The number of benzene rings is 1. The van der Waals surface area contributed by atoms with Gasteiger partial charge < -0.3 is 9.15 Å². The lowest BCUT2D eigenvalue weighted by Crippen LogP contribution is -2.28. The molecule has 0 aliphatic carbocycles. The van der Waals surface area contributed by atoms with Crippen molar-refractivity contribution < 1.29 is 27.1 Å². The molecule has 3 rings (SSSR count). The van der Waals surface area contributed by atoms with Gasteiger partial charge in [-0.15, -0.1) is 10.2 Å². The summed E-state index contributed by atoms with van der Waals surface area (Å²) in [5, 5.41) is 7.77. The fraction of sp³-hybridized carbons (Fsp3) is 0.125. The third-order valence-electron chi connectivity index (χ3n) is 3.28. The molecule has 25 heavy (non-hydrogen) atoms. The number of rotatable bonds is 3. The summed E-state index contributed by atoms with van der Waals surface area (Å²) in [4.78, 5) is 15.0. The van der Waals surface area contributed by atoms with Gasteiger partial charge in [-0.25, -0.2) is 4.79 Å². The molecule has 0 amide bonds. The van der Waals surface area contributed by atoms with Gasteiger partial charge in [-0.3, -0.25) is 4.98 Å². The average Bonchev–Trinajstić information content (AvgIpc) is 3.06. The Labute approximate surface area is 139 Å². The number of carbonyl (C=O) groups excluding carboxylic acids is 1. The number of carbonyl (C=O) groups is 1. The molecule has 0 fully saturated rings. The molecule has 6 nitrogen and oxygen atoms in total. The van der Waals surface area contributed by atoms with Gasteiger partial charge in [0.2, 0.25) is 11.8 Å². The van der Waals surface area contributed by atoms with E-state index in [4.69, 9.17) is 4.42 Å². The number of esters is 1. The van der Waals surface area contributed by atoms with E-state index in [1.54, 1.807) is 24.4 Å². The van der Waals surface area contributed by atoms with E-state index >= 15 is 0 Å². The van der Waals surface area contributed by atoms with Gasteiger partial charge in [0, 0.05) is 23.5 Å². The van der Waals surface area contributed by atoms with E-state index in [1.807, 2.05) is 0 Å². The summed E-state index contributed by atoms with van der Waals surface area (Å²) in [6.07, 6.45) is -1.96. The maximum atomic E-state index is 12.4. The second-order valence-electron chi connectivity index (χ2n) is 4.97. The van der Waals surface area contributed by atoms with Crippen LogP contribution in [0.4, 0.5) is 13.2 Å². The molecule has 2 heterocycles. The molecule has 128 valence electrons. The Bertz CT molecular complexity index is 908. The lowest BCUT2D eigenvalue weighted by Gasteiger charge is -2.10. The highest BCUT2D eigenvalue weighted by Crippen LogP contribution is 2.32. The molecule has 9 heteroatoms. The quantitative estimate of drug-likeness (QED) is 0.531. The van der Waals surface area contributed by atoms with Crippen LogP contribution in [0.25, 0.3) is 22.9 Å². The van der Waals surface area contributed by atoms with Gasteiger partial charge in [-0.05, 0) is 31.2 Å². The van der Waals surface area contributed by atoms with Crippen molar-refractivity contribution in [1.29, 1.82) is 0 Å². The van der Waals surface area contributed by atoms with Gasteiger partial charge in [0.05, 0.1) is 5.56 Å². The van der Waals surface area contributed by atoms with E-state index < -0.39 is 12.1 Å². The van der Waals surface area contributed by atoms with Gasteiger partial charge in [0.15, 0.2) is 0 Å². The predicted octanol–water partition coefficient (Wildman–Crippen LogP) is 3.57. The number of alkyl halides is 3. The zero-order valence-corrected chi connectivity index (χ0v) is 12.7. The molecule has 0 bridgehead atoms. The molecule has 0 aliphatic rings. The molecule has 2 aromatic heterocycles. The van der Waals surface area contributed by atoms with Crippen LogP contribution in [0.1, 0.15) is 5.56 Å². The Morgan fingerprint density at radius 3 is 2.56 bits per heavy atom. The van der Waals surface area contributed by atoms with Crippen LogP contribution in [0.15, 0.2) is 47.1 Å². The van der Waals surface area contributed by atoms with E-state index in [1.165, 1.54) is 25.3 Å². The highest BCUT2D eigenvalue weighted by atomic mass is 19.4. The Morgan fingerprint density at radius 1 is 1.12 bits per heavy atom. The third-order valence-corrected chi connectivity index (χ3v) is 3.28. The number of ether oxygens (including phenoxy) is 1. The first-order chi connectivity index (χ1) is 11.9. The number of hydrogen-bond donors (Lipinski definition) is 0. The van der Waals surface area contributed by atoms with Crippen LogP contribution in [0.5, 0.6) is 5.75 Å². The van der Waals surface area contributed by atoms with Crippen molar-refractivity contribution in [2.75, 3.05) is 0 Å². The van der Waals surface area contributed by atoms with E-state index in [0.29, 0.717) is 11.1 Å². The van der Waals surface area contributed by atoms with E-state index in [2.05, 4.69) is 19.9 Å². The van der Waals surface area contributed by atoms with Crippen molar-refractivity contribution in [3.63, 3.8) is 0 Å². The minimum Gasteiger partial charge on any atom is -0.420 e. The van der Waals surface area contributed by atoms with Crippen LogP contribution >= 0.6 is 0 Å². The summed E-state index contributed by atoms with van der Waals surface area (Å²) >= 11 is 0. The van der Waals surface area contributed by atoms with Crippen molar-refractivity contribution in [2.24, 2.45) is 0 Å². The number of halogens is 3. The largest absolute Gasteiger partial charge is 0.491 e. The molecule has 1 aromatic carbocycles. The first kappa shape index (κ1) is 16.6. The molecular formula is C16H10F3N3O3. The van der Waals surface area contributed by atoms with Gasteiger partial charge >= 0.3 is 12.1 Å². The summed E-state index contributed by atoms with van der Waals surface area (Å²) in [6, 6.07) is 7.66. The molecule has 0 saturated heterocycles. The SMILES string of the molecule is Cc1c(OC(=O)C(F)(F)F)cccc1-c1nnc(-c2cccnc2)o1. The Morgan fingerprint density at radius 2 is 1.88 bits per heavy atom. The van der Waals surface area contributed by atoms with Crippen molar-refractivity contribution >= 4 is 5.97 Å². The molecule has 0 saturated carbocycles. The molecule has 0 spiro atoms. The number of aromatic nitrogens is 3. The van der Waals surface area contributed by atoms with Gasteiger partial charge in [-0.2, -0.15) is 13.2 Å². The monoisotopic (exact) mass is 349 g/mol. The third kappa shape index (κ3) is 3.49. The number of pyridine rings is 1. The predicted molar refractivity (Wildman–Crippen MR) is 79.4 cm³/mol. The van der Waals surface area contributed by atoms with E-state index in [-0.39, 0.29) is 23.1 Å². The molecule has 0 aliphatic heterocycles. The highest BCUT2D eigenvalue weighted by Gasteiger charge is 2.41. The lowest BCUT2D eigenvalue weighted by atomic mass is 10.1. The highest BCUT2D eigenvalue weighted by molar-refractivity contribution is 5.79. The molecule has 3 aromatic rings. The van der Waals surface area contributed by atoms with E-state index in [0.717, 1.165) is 0 Å². The zero-order valence-electron chi connectivity index (χ0n) is 12.7. The fourth-order valence-corrected chi connectivity index (χ4v) is 2.05. The average molecular weight is 349 g/mol. The van der Waals surface area contributed by atoms with Crippen LogP contribution in [0.3, 0.4) is 0 Å². The first-order valence-electron chi connectivity index (χ1n) is 6.99. The summed E-state index contributed by atoms with van der Waals surface area (Å²) in [5.74, 6) is -2.24. The Kier molecular flexibility index (Phi) is 4.22. The molecule has 0 N–H and O–H groups in total. The molecule has 0 unspecified atom stereocenters. The van der Waals surface area contributed by atoms with Gasteiger partial charge in [0.1, 0.15) is 5.75 Å². The number of hydrogen-bond acceptors (Lipinski definition) is 6. The second kappa shape index (κ2) is 6.34. The smallest absolute Gasteiger partial charge is 0.420 e. The topological polar surface area (TPSA) is 78.1 Å². The molecule has 0 radical (unpaired) electrons. The van der Waals surface area contributed by atoms with Gasteiger partial charge in [-0.1, -0.05) is 6.07 Å². The van der Waals surface area contributed by atoms with Crippen LogP contribution in [0.2, 0.25) is 0 Å². The zero-order chi connectivity index (χ0) is 18.0. The van der Waals surface area contributed by atoms with Crippen LogP contribution in [0, 0.1) is 6.92 Å². The van der Waals surface area contributed by atoms with Gasteiger partial charge in [0.25, 0.3) is 0 Å². The van der Waals surface area contributed by atoms with Crippen molar-refractivity contribution in [2.45, 2.75) is 13.1 Å². The molecular weight excluding hydrogens is 339 g/mol. The first-order valence-corrected chi connectivity index (χ1v) is 6.99. The summed E-state index contributed by atoms with van der Waals surface area (Å²) in [5.41, 5.74) is 1.22. The maximum Gasteiger partial charge on any atom is 0.491 e. The fourth-order valence-electron chi connectivity index (χ4n) is 2.05. The second-order valence-corrected chi connectivity index (χ2v) is 4.97. The summed E-state index contributed by atoms with van der Waals surface area (Å²) in [7, 11) is 0. The lowest BCUT2D eigenvalue weighted by molar-refractivity contribution is -0.189. The standard InChI is InChI=1S/C16H10F3N3O3/c1-9-11(5-2-6-12(9)24-15(23)16(17,18)19)14-22-21-13(25-14)10-4-3-7-20-8-10/h2-8H,1H3. The van der Waals surface area contributed by atoms with Crippen LogP contribution in [-0.2, 0) is 4.79 Å². The van der Waals surface area contributed by atoms with Crippen molar-refractivity contribution in [1.82, 2.24) is 15.2 Å². The Hall–Kier alpha value is -3.23.